The quantitative estimate of drug-likeness (QED) is 0.235. The molecule has 1 saturated heterocycles. The standard InChI is InChI=1S/C25H23FN6O9/c1-12(33)21(27)19-9-31(25(35)41-19)14-3-4-16(18(26)6-14)13-5-17(23(34)38-2)22(28-7-13)40-15-8-30-10-20(32(36)37)29-24(30)39-11-15/h3-7,10,15,19,21H,8-9,11,27H2,1-2H3. The highest BCUT2D eigenvalue weighted by Crippen LogP contribution is 2.32. The maximum atomic E-state index is 15.3. The summed E-state index contributed by atoms with van der Waals surface area (Å²) in [6.07, 6.45) is 0.179. The van der Waals surface area contributed by atoms with Crippen molar-refractivity contribution in [3.63, 3.8) is 0 Å². The first-order valence-electron chi connectivity index (χ1n) is 12.2. The molecule has 1 aromatic carbocycles. The molecule has 2 aromatic heterocycles. The lowest BCUT2D eigenvalue weighted by Gasteiger charge is -2.23. The van der Waals surface area contributed by atoms with E-state index >= 15 is 4.39 Å². The van der Waals surface area contributed by atoms with Crippen molar-refractivity contribution in [1.29, 1.82) is 0 Å². The summed E-state index contributed by atoms with van der Waals surface area (Å²) in [4.78, 5) is 55.9. The van der Waals surface area contributed by atoms with E-state index in [2.05, 4.69) is 9.97 Å². The van der Waals surface area contributed by atoms with Crippen LogP contribution < -0.4 is 20.1 Å². The van der Waals surface area contributed by atoms with Gasteiger partial charge in [-0.1, -0.05) is 0 Å². The molecule has 214 valence electrons. The van der Waals surface area contributed by atoms with Crippen LogP contribution in [0.1, 0.15) is 17.3 Å². The molecule has 2 N–H and O–H groups in total. The smallest absolute Gasteiger partial charge is 0.414 e. The number of anilines is 1. The van der Waals surface area contributed by atoms with Crippen molar-refractivity contribution in [1.82, 2.24) is 14.5 Å². The number of nitrogens with zero attached hydrogens (tertiary/aromatic N) is 5. The van der Waals surface area contributed by atoms with Gasteiger partial charge in [-0.25, -0.2) is 19.0 Å². The summed E-state index contributed by atoms with van der Waals surface area (Å²) in [5, 5.41) is 11.0. The van der Waals surface area contributed by atoms with Gasteiger partial charge in [-0.15, -0.1) is 0 Å². The third-order valence-corrected chi connectivity index (χ3v) is 6.53. The van der Waals surface area contributed by atoms with Crippen LogP contribution in [0.2, 0.25) is 0 Å². The van der Waals surface area contributed by atoms with Crippen LogP contribution >= 0.6 is 0 Å². The fourth-order valence-corrected chi connectivity index (χ4v) is 4.39. The van der Waals surface area contributed by atoms with Crippen LogP contribution in [0.15, 0.2) is 36.7 Å². The van der Waals surface area contributed by atoms with Gasteiger partial charge in [0.1, 0.15) is 42.1 Å². The molecule has 41 heavy (non-hydrogen) atoms. The number of imidazole rings is 1. The number of amides is 1. The Morgan fingerprint density at radius 2 is 2.07 bits per heavy atom. The highest BCUT2D eigenvalue weighted by molar-refractivity contribution is 5.94. The number of rotatable bonds is 8. The Bertz CT molecular complexity index is 1560. The Hall–Kier alpha value is -5.12. The number of esters is 1. The molecule has 0 spiro atoms. The number of fused-ring (bicyclic) bond motifs is 1. The Morgan fingerprint density at radius 1 is 1.29 bits per heavy atom. The van der Waals surface area contributed by atoms with Crippen LogP contribution in [0, 0.1) is 15.9 Å². The molecule has 3 aromatic rings. The number of pyridine rings is 1. The minimum atomic E-state index is -1.00. The Labute approximate surface area is 230 Å². The largest absolute Gasteiger partial charge is 0.468 e. The van der Waals surface area contributed by atoms with E-state index in [9.17, 15) is 24.5 Å². The van der Waals surface area contributed by atoms with Crippen LogP contribution in [-0.2, 0) is 20.8 Å². The zero-order valence-corrected chi connectivity index (χ0v) is 21.7. The van der Waals surface area contributed by atoms with Crippen LogP contribution in [0.25, 0.3) is 11.1 Å². The monoisotopic (exact) mass is 570 g/mol. The van der Waals surface area contributed by atoms with Gasteiger partial charge in [-0.05, 0) is 36.1 Å². The van der Waals surface area contributed by atoms with Crippen LogP contribution in [0.3, 0.4) is 0 Å². The second-order valence-corrected chi connectivity index (χ2v) is 9.24. The number of ether oxygens (including phenoxy) is 4. The first kappa shape index (κ1) is 27.4. The highest BCUT2D eigenvalue weighted by atomic mass is 19.1. The summed E-state index contributed by atoms with van der Waals surface area (Å²) in [5.74, 6) is -2.37. The number of nitro groups is 1. The molecule has 0 saturated carbocycles. The van der Waals surface area contributed by atoms with Crippen molar-refractivity contribution in [3.8, 4) is 23.0 Å². The zero-order chi connectivity index (χ0) is 29.4. The molecular formula is C25H23FN6O9. The van der Waals surface area contributed by atoms with Crippen molar-refractivity contribution in [3.05, 3.63) is 58.2 Å². The van der Waals surface area contributed by atoms with Crippen molar-refractivity contribution < 1.29 is 42.6 Å². The summed E-state index contributed by atoms with van der Waals surface area (Å²) in [6.45, 7) is 1.37. The molecule has 0 aliphatic carbocycles. The SMILES string of the molecule is COC(=O)c1cc(-c2ccc(N3CC(C(N)C(C)=O)OC3=O)cc2F)cnc1OC1COc2nc([N+](=O)[O-])cn2C1. The minimum Gasteiger partial charge on any atom is -0.468 e. The molecule has 15 nitrogen and oxygen atoms in total. The maximum Gasteiger partial charge on any atom is 0.414 e. The van der Waals surface area contributed by atoms with Gasteiger partial charge >= 0.3 is 23.9 Å². The third kappa shape index (κ3) is 5.36. The Kier molecular flexibility index (Phi) is 7.23. The fraction of sp³-hybridized carbons (Fsp3) is 0.320. The average molecular weight is 570 g/mol. The summed E-state index contributed by atoms with van der Waals surface area (Å²) >= 11 is 0. The van der Waals surface area contributed by atoms with Gasteiger partial charge in [0.2, 0.25) is 5.88 Å². The molecule has 3 atom stereocenters. The van der Waals surface area contributed by atoms with E-state index in [1.54, 1.807) is 0 Å². The number of carbonyl (C=O) groups is 3. The van der Waals surface area contributed by atoms with E-state index < -0.39 is 41.1 Å². The second kappa shape index (κ2) is 10.8. The van der Waals surface area contributed by atoms with E-state index in [0.717, 1.165) is 13.2 Å². The average Bonchev–Trinajstić information content (AvgIpc) is 3.56. The van der Waals surface area contributed by atoms with Gasteiger partial charge in [-0.3, -0.25) is 14.3 Å². The van der Waals surface area contributed by atoms with Gasteiger partial charge in [0.25, 0.3) is 0 Å². The van der Waals surface area contributed by atoms with Crippen LogP contribution in [0.4, 0.5) is 20.7 Å². The van der Waals surface area contributed by atoms with E-state index in [-0.39, 0.29) is 65.6 Å². The lowest BCUT2D eigenvalue weighted by atomic mass is 10.0. The van der Waals surface area contributed by atoms with Gasteiger partial charge in [0.15, 0.2) is 6.10 Å². The number of nitrogens with two attached hydrogens (primary N) is 1. The first-order chi connectivity index (χ1) is 19.5. The molecule has 2 aliphatic rings. The predicted octanol–water partition coefficient (Wildman–Crippen LogP) is 1.86. The van der Waals surface area contributed by atoms with Crippen LogP contribution in [0.5, 0.6) is 11.9 Å². The molecule has 5 rings (SSSR count). The topological polar surface area (TPSA) is 191 Å². The fourth-order valence-electron chi connectivity index (χ4n) is 4.39. The third-order valence-electron chi connectivity index (χ3n) is 6.53. The van der Waals surface area contributed by atoms with Crippen molar-refractivity contribution in [2.75, 3.05) is 25.2 Å². The number of hydrogen-bond donors (Lipinski definition) is 1. The summed E-state index contributed by atoms with van der Waals surface area (Å²) in [5.41, 5.74) is 6.17. The number of carbonyl (C=O) groups excluding carboxylic acids is 3. The minimum absolute atomic E-state index is 0.0224. The maximum absolute atomic E-state index is 15.3. The summed E-state index contributed by atoms with van der Waals surface area (Å²) in [6, 6.07) is 4.39. The molecule has 1 fully saturated rings. The number of cyclic esters (lactones) is 1. The molecule has 1 amide bonds. The molecule has 16 heteroatoms. The van der Waals surface area contributed by atoms with E-state index in [0.29, 0.717) is 0 Å². The highest BCUT2D eigenvalue weighted by Gasteiger charge is 2.38. The number of benzene rings is 1. The Morgan fingerprint density at radius 3 is 2.76 bits per heavy atom. The van der Waals surface area contributed by atoms with E-state index in [1.165, 1.54) is 47.0 Å². The number of hydrogen-bond acceptors (Lipinski definition) is 12. The van der Waals surface area contributed by atoms with Gasteiger partial charge in [-0.2, -0.15) is 0 Å². The van der Waals surface area contributed by atoms with E-state index in [4.69, 9.17) is 24.7 Å². The van der Waals surface area contributed by atoms with Gasteiger partial charge < -0.3 is 34.8 Å². The molecular weight excluding hydrogens is 547 g/mol. The number of Topliss-reactive ketones (excluding diaryl/α,β-unsaturated/α-hetero) is 1. The Balaban J connectivity index is 1.37. The lowest BCUT2D eigenvalue weighted by molar-refractivity contribution is -0.389. The number of ketones is 1. The second-order valence-electron chi connectivity index (χ2n) is 9.24. The zero-order valence-electron chi connectivity index (χ0n) is 21.7. The molecule has 0 radical (unpaired) electrons. The van der Waals surface area contributed by atoms with Crippen LogP contribution in [-0.4, -0.2) is 75.8 Å². The van der Waals surface area contributed by atoms with Crippen molar-refractivity contribution >= 4 is 29.4 Å². The number of aromatic nitrogens is 3. The predicted molar refractivity (Wildman–Crippen MR) is 136 cm³/mol. The summed E-state index contributed by atoms with van der Waals surface area (Å²) < 4.78 is 38.0. The molecule has 2 aliphatic heterocycles. The van der Waals surface area contributed by atoms with Crippen molar-refractivity contribution in [2.45, 2.75) is 31.7 Å². The lowest BCUT2D eigenvalue weighted by Crippen LogP contribution is -2.43. The normalized spacial score (nSPS) is 18.6. The first-order valence-corrected chi connectivity index (χ1v) is 12.2. The number of methoxy groups -OCH3 is 1. The van der Waals surface area contributed by atoms with Crippen molar-refractivity contribution in [2.24, 2.45) is 5.73 Å². The van der Waals surface area contributed by atoms with Gasteiger partial charge in [0, 0.05) is 22.3 Å². The number of halogens is 1. The van der Waals surface area contributed by atoms with Gasteiger partial charge in [0.05, 0.1) is 25.9 Å². The van der Waals surface area contributed by atoms with E-state index in [1.807, 2.05) is 0 Å². The summed E-state index contributed by atoms with van der Waals surface area (Å²) in [7, 11) is 1.16. The molecule has 3 unspecified atom stereocenters. The molecule has 0 bridgehead atoms. The molecule has 4 heterocycles.